The van der Waals surface area contributed by atoms with Crippen molar-refractivity contribution in [3.05, 3.63) is 24.0 Å². The summed E-state index contributed by atoms with van der Waals surface area (Å²) < 4.78 is 0. The third-order valence-corrected chi connectivity index (χ3v) is 3.03. The average molecular weight is 193 g/mol. The zero-order chi connectivity index (χ0) is 10.7. The van der Waals surface area contributed by atoms with Gasteiger partial charge in [-0.1, -0.05) is 39.8 Å². The molecule has 2 unspecified atom stereocenters. The van der Waals surface area contributed by atoms with E-state index in [-0.39, 0.29) is 0 Å². The third-order valence-electron chi connectivity index (χ3n) is 3.03. The van der Waals surface area contributed by atoms with E-state index in [1.807, 2.05) is 0 Å². The molecule has 1 rings (SSSR count). The van der Waals surface area contributed by atoms with Crippen LogP contribution in [0, 0.1) is 17.8 Å². The lowest BCUT2D eigenvalue weighted by Gasteiger charge is -2.35. The maximum Gasteiger partial charge on any atom is 0.0115 e. The number of nitrogens with one attached hydrogen (secondary N) is 1. The molecule has 1 heteroatoms. The Bertz CT molecular complexity index is 238. The quantitative estimate of drug-likeness (QED) is 0.720. The molecule has 14 heavy (non-hydrogen) atoms. The first-order valence-corrected chi connectivity index (χ1v) is 5.70. The lowest BCUT2D eigenvalue weighted by molar-refractivity contribution is 0.305. The monoisotopic (exact) mass is 193 g/mol. The van der Waals surface area contributed by atoms with Gasteiger partial charge in [-0.2, -0.15) is 0 Å². The molecule has 0 saturated carbocycles. The normalized spacial score (nSPS) is 27.5. The number of allylic oxidation sites excluding steroid dienone is 3. The molecule has 0 saturated heterocycles. The van der Waals surface area contributed by atoms with Crippen LogP contribution in [-0.4, -0.2) is 0 Å². The predicted molar refractivity (Wildman–Crippen MR) is 62.8 cm³/mol. The van der Waals surface area contributed by atoms with Crippen molar-refractivity contribution in [3.8, 4) is 0 Å². The summed E-state index contributed by atoms with van der Waals surface area (Å²) >= 11 is 0. The summed E-state index contributed by atoms with van der Waals surface area (Å²) in [6.45, 7) is 13.1. The first-order valence-electron chi connectivity index (χ1n) is 5.70. The molecule has 0 aromatic heterocycles. The van der Waals surface area contributed by atoms with Gasteiger partial charge in [0.15, 0.2) is 0 Å². The first-order chi connectivity index (χ1) is 6.56. The van der Waals surface area contributed by atoms with E-state index in [4.69, 9.17) is 0 Å². The molecule has 1 nitrogen and oxygen atoms in total. The molecule has 0 bridgehead atoms. The predicted octanol–water partition coefficient (Wildman–Crippen LogP) is 3.70. The van der Waals surface area contributed by atoms with E-state index < -0.39 is 0 Å². The molecular weight excluding hydrogens is 170 g/mol. The van der Waals surface area contributed by atoms with Crippen LogP contribution in [-0.2, 0) is 0 Å². The van der Waals surface area contributed by atoms with E-state index in [1.54, 1.807) is 0 Å². The lowest BCUT2D eigenvalue weighted by atomic mass is 9.77. The van der Waals surface area contributed by atoms with Crippen LogP contribution in [0.25, 0.3) is 0 Å². The first kappa shape index (κ1) is 11.4. The molecule has 80 valence electrons. The highest BCUT2D eigenvalue weighted by Crippen LogP contribution is 2.34. The minimum Gasteiger partial charge on any atom is -0.363 e. The van der Waals surface area contributed by atoms with Crippen LogP contribution in [0.2, 0.25) is 0 Å². The van der Waals surface area contributed by atoms with E-state index in [1.165, 1.54) is 24.2 Å². The Kier molecular flexibility index (Phi) is 3.79. The van der Waals surface area contributed by atoms with Crippen molar-refractivity contribution in [1.29, 1.82) is 0 Å². The molecular formula is C13H23N. The smallest absolute Gasteiger partial charge is 0.0115 e. The molecule has 0 aromatic carbocycles. The Hall–Kier alpha value is -0.720. The number of rotatable bonds is 3. The topological polar surface area (TPSA) is 12.0 Å². The summed E-state index contributed by atoms with van der Waals surface area (Å²) in [6, 6.07) is 0. The zero-order valence-electron chi connectivity index (χ0n) is 9.93. The van der Waals surface area contributed by atoms with Gasteiger partial charge in [-0.25, -0.2) is 0 Å². The van der Waals surface area contributed by atoms with Gasteiger partial charge in [0.2, 0.25) is 0 Å². The van der Waals surface area contributed by atoms with Gasteiger partial charge < -0.3 is 5.32 Å². The van der Waals surface area contributed by atoms with Crippen molar-refractivity contribution < 1.29 is 0 Å². The van der Waals surface area contributed by atoms with Gasteiger partial charge in [-0.05, 0) is 25.2 Å². The summed E-state index contributed by atoms with van der Waals surface area (Å²) in [6.07, 6.45) is 4.91. The van der Waals surface area contributed by atoms with E-state index in [9.17, 15) is 0 Å². The standard InChI is InChI=1S/C13H23N/c1-6-7-12-8-10(4)14-11(5)13(12)9(2)3/h8-9,12-14H,5-7H2,1-4H3. The second-order valence-corrected chi connectivity index (χ2v) is 4.72. The van der Waals surface area contributed by atoms with Gasteiger partial charge in [0.05, 0.1) is 0 Å². The second-order valence-electron chi connectivity index (χ2n) is 4.72. The Morgan fingerprint density at radius 2 is 2.14 bits per heavy atom. The number of hydrogen-bond acceptors (Lipinski definition) is 1. The molecule has 0 aliphatic carbocycles. The Labute approximate surface area is 88.3 Å². The highest BCUT2D eigenvalue weighted by atomic mass is 14.9. The SMILES string of the molecule is C=C1NC(C)=CC(CCC)C1C(C)C. The summed E-state index contributed by atoms with van der Waals surface area (Å²) in [5.41, 5.74) is 2.48. The molecule has 0 aromatic rings. The highest BCUT2D eigenvalue weighted by Gasteiger charge is 2.28. The van der Waals surface area contributed by atoms with Gasteiger partial charge >= 0.3 is 0 Å². The van der Waals surface area contributed by atoms with Gasteiger partial charge in [-0.15, -0.1) is 0 Å². The Morgan fingerprint density at radius 1 is 1.50 bits per heavy atom. The van der Waals surface area contributed by atoms with Crippen LogP contribution in [0.4, 0.5) is 0 Å². The van der Waals surface area contributed by atoms with Crippen molar-refractivity contribution in [2.45, 2.75) is 40.5 Å². The maximum absolute atomic E-state index is 4.15. The van der Waals surface area contributed by atoms with Crippen LogP contribution >= 0.6 is 0 Å². The molecule has 0 amide bonds. The van der Waals surface area contributed by atoms with Crippen LogP contribution < -0.4 is 5.32 Å². The third kappa shape index (κ3) is 2.40. The van der Waals surface area contributed by atoms with Crippen LogP contribution in [0.1, 0.15) is 40.5 Å². The lowest BCUT2D eigenvalue weighted by Crippen LogP contribution is -2.32. The molecule has 0 spiro atoms. The average Bonchev–Trinajstić information content (AvgIpc) is 2.01. The molecule has 1 aliphatic heterocycles. The van der Waals surface area contributed by atoms with E-state index in [2.05, 4.69) is 45.7 Å². The Morgan fingerprint density at radius 3 is 2.64 bits per heavy atom. The van der Waals surface area contributed by atoms with Gasteiger partial charge in [0.1, 0.15) is 0 Å². The van der Waals surface area contributed by atoms with E-state index >= 15 is 0 Å². The molecule has 1 heterocycles. The van der Waals surface area contributed by atoms with Crippen LogP contribution in [0.3, 0.4) is 0 Å². The van der Waals surface area contributed by atoms with E-state index in [0.717, 1.165) is 0 Å². The van der Waals surface area contributed by atoms with Crippen LogP contribution in [0.5, 0.6) is 0 Å². The van der Waals surface area contributed by atoms with Crippen molar-refractivity contribution >= 4 is 0 Å². The summed E-state index contributed by atoms with van der Waals surface area (Å²) in [4.78, 5) is 0. The van der Waals surface area contributed by atoms with Crippen molar-refractivity contribution in [2.75, 3.05) is 0 Å². The second kappa shape index (κ2) is 4.68. The van der Waals surface area contributed by atoms with Gasteiger partial charge in [0, 0.05) is 17.3 Å². The van der Waals surface area contributed by atoms with Crippen molar-refractivity contribution in [2.24, 2.45) is 17.8 Å². The molecule has 1 aliphatic rings. The summed E-state index contributed by atoms with van der Waals surface area (Å²) in [7, 11) is 0. The summed E-state index contributed by atoms with van der Waals surface area (Å²) in [5.74, 6) is 1.98. The minimum atomic E-state index is 0.610. The van der Waals surface area contributed by atoms with E-state index in [0.29, 0.717) is 17.8 Å². The fourth-order valence-electron chi connectivity index (χ4n) is 2.55. The highest BCUT2D eigenvalue weighted by molar-refractivity contribution is 5.19. The number of hydrogen-bond donors (Lipinski definition) is 1. The fraction of sp³-hybridized carbons (Fsp3) is 0.692. The fourth-order valence-corrected chi connectivity index (χ4v) is 2.55. The summed E-state index contributed by atoms with van der Waals surface area (Å²) in [5, 5.41) is 3.37. The molecule has 2 atom stereocenters. The largest absolute Gasteiger partial charge is 0.363 e. The Balaban J connectivity index is 2.83. The van der Waals surface area contributed by atoms with Crippen molar-refractivity contribution in [3.63, 3.8) is 0 Å². The molecule has 0 fully saturated rings. The van der Waals surface area contributed by atoms with Gasteiger partial charge in [0.25, 0.3) is 0 Å². The minimum absolute atomic E-state index is 0.610. The zero-order valence-corrected chi connectivity index (χ0v) is 9.93. The van der Waals surface area contributed by atoms with Gasteiger partial charge in [-0.3, -0.25) is 0 Å². The van der Waals surface area contributed by atoms with Crippen molar-refractivity contribution in [1.82, 2.24) is 5.32 Å². The van der Waals surface area contributed by atoms with Crippen LogP contribution in [0.15, 0.2) is 24.0 Å². The maximum atomic E-state index is 4.15. The molecule has 0 radical (unpaired) electrons. The molecule has 1 N–H and O–H groups in total.